The second-order valence-corrected chi connectivity index (χ2v) is 10.7. The number of thiazole rings is 1. The van der Waals surface area contributed by atoms with E-state index < -0.39 is 5.41 Å². The quantitative estimate of drug-likeness (QED) is 0.297. The van der Waals surface area contributed by atoms with E-state index in [1.54, 1.807) is 18.4 Å². The van der Waals surface area contributed by atoms with Gasteiger partial charge in [-0.25, -0.2) is 4.98 Å². The predicted molar refractivity (Wildman–Crippen MR) is 144 cm³/mol. The number of fused-ring (bicyclic) bond motifs is 1. The van der Waals surface area contributed by atoms with Crippen LogP contribution in [0, 0.1) is 5.92 Å². The summed E-state index contributed by atoms with van der Waals surface area (Å²) in [5.74, 6) is 0.906. The van der Waals surface area contributed by atoms with Crippen molar-refractivity contribution in [2.45, 2.75) is 31.6 Å². The van der Waals surface area contributed by atoms with Crippen molar-refractivity contribution >= 4 is 33.2 Å². The number of carbonyl (C=O) groups excluding carboxylic acids is 2. The third-order valence-electron chi connectivity index (χ3n) is 7.25. The Morgan fingerprint density at radius 2 is 1.64 bits per heavy atom. The Morgan fingerprint density at radius 3 is 2.31 bits per heavy atom. The van der Waals surface area contributed by atoms with Crippen molar-refractivity contribution in [2.75, 3.05) is 20.2 Å². The molecule has 1 atom stereocenters. The van der Waals surface area contributed by atoms with Crippen LogP contribution in [0.3, 0.4) is 0 Å². The van der Waals surface area contributed by atoms with Gasteiger partial charge in [-0.15, -0.1) is 11.3 Å². The van der Waals surface area contributed by atoms with Crippen LogP contribution in [0.15, 0.2) is 78.9 Å². The van der Waals surface area contributed by atoms with E-state index in [1.165, 1.54) is 0 Å². The molecule has 1 fully saturated rings. The number of ketones is 1. The zero-order valence-electron chi connectivity index (χ0n) is 20.6. The summed E-state index contributed by atoms with van der Waals surface area (Å²) in [6.45, 7) is 3.19. The van der Waals surface area contributed by atoms with E-state index in [9.17, 15) is 9.59 Å². The van der Waals surface area contributed by atoms with E-state index in [4.69, 9.17) is 9.72 Å². The number of carbonyl (C=O) groups is 2. The Hall–Kier alpha value is -3.51. The molecule has 1 amide bonds. The van der Waals surface area contributed by atoms with Crippen LogP contribution in [0.1, 0.15) is 40.7 Å². The normalized spacial score (nSPS) is 16.0. The maximum atomic E-state index is 14.1. The SMILES string of the molecule is COc1ccc(C(=O)C2CCN(C(=O)C(C)(Cc3nc4ccccc4s3)c3ccccc3)CC2)cc1. The molecular formula is C30H30N2O3S. The molecule has 1 unspecified atom stereocenters. The van der Waals surface area contributed by atoms with Gasteiger partial charge in [0.25, 0.3) is 0 Å². The smallest absolute Gasteiger partial charge is 0.233 e. The van der Waals surface area contributed by atoms with Gasteiger partial charge >= 0.3 is 0 Å². The zero-order chi connectivity index (χ0) is 25.1. The van der Waals surface area contributed by atoms with Crippen molar-refractivity contribution in [3.8, 4) is 5.75 Å². The van der Waals surface area contributed by atoms with Gasteiger partial charge in [0.15, 0.2) is 5.78 Å². The second-order valence-electron chi connectivity index (χ2n) is 9.61. The van der Waals surface area contributed by atoms with Gasteiger partial charge in [0.1, 0.15) is 5.75 Å². The average Bonchev–Trinajstić information content (AvgIpc) is 3.35. The van der Waals surface area contributed by atoms with Crippen LogP contribution >= 0.6 is 11.3 Å². The van der Waals surface area contributed by atoms with E-state index in [-0.39, 0.29) is 17.6 Å². The molecule has 36 heavy (non-hydrogen) atoms. The summed E-state index contributed by atoms with van der Waals surface area (Å²) in [5, 5.41) is 0.959. The highest BCUT2D eigenvalue weighted by molar-refractivity contribution is 7.18. The fraction of sp³-hybridized carbons (Fsp3) is 0.300. The Morgan fingerprint density at radius 1 is 0.972 bits per heavy atom. The molecule has 1 saturated heterocycles. The van der Waals surface area contributed by atoms with Crippen LogP contribution in [0.25, 0.3) is 10.2 Å². The Bertz CT molecular complexity index is 1320. The molecule has 184 valence electrons. The predicted octanol–water partition coefficient (Wildman–Crippen LogP) is 5.93. The van der Waals surface area contributed by atoms with Gasteiger partial charge in [0.05, 0.1) is 27.7 Å². The largest absolute Gasteiger partial charge is 0.497 e. The minimum Gasteiger partial charge on any atom is -0.497 e. The summed E-state index contributed by atoms with van der Waals surface area (Å²) in [6.07, 6.45) is 1.88. The van der Waals surface area contributed by atoms with Gasteiger partial charge < -0.3 is 9.64 Å². The van der Waals surface area contributed by atoms with E-state index in [0.29, 0.717) is 37.9 Å². The molecule has 6 heteroatoms. The highest BCUT2D eigenvalue weighted by atomic mass is 32.1. The van der Waals surface area contributed by atoms with Crippen LogP contribution in [0.4, 0.5) is 0 Å². The molecule has 2 heterocycles. The number of hydrogen-bond acceptors (Lipinski definition) is 5. The molecular weight excluding hydrogens is 468 g/mol. The molecule has 1 aliphatic rings. The Labute approximate surface area is 215 Å². The Balaban J connectivity index is 1.33. The molecule has 0 aliphatic carbocycles. The maximum Gasteiger partial charge on any atom is 0.233 e. The van der Waals surface area contributed by atoms with Crippen molar-refractivity contribution < 1.29 is 14.3 Å². The van der Waals surface area contributed by atoms with Crippen LogP contribution in [0.5, 0.6) is 5.75 Å². The van der Waals surface area contributed by atoms with Crippen LogP contribution < -0.4 is 4.74 Å². The van der Waals surface area contributed by atoms with Crippen molar-refractivity contribution in [3.63, 3.8) is 0 Å². The number of piperidine rings is 1. The monoisotopic (exact) mass is 498 g/mol. The van der Waals surface area contributed by atoms with E-state index in [0.717, 1.165) is 26.5 Å². The molecule has 0 saturated carbocycles. The van der Waals surface area contributed by atoms with Gasteiger partial charge in [-0.1, -0.05) is 42.5 Å². The lowest BCUT2D eigenvalue weighted by Crippen LogP contribution is -2.50. The third kappa shape index (κ3) is 4.78. The summed E-state index contributed by atoms with van der Waals surface area (Å²) in [5.41, 5.74) is 1.93. The summed E-state index contributed by atoms with van der Waals surface area (Å²) in [7, 11) is 1.61. The van der Waals surface area contributed by atoms with Gasteiger partial charge in [0, 0.05) is 31.0 Å². The number of amides is 1. The highest BCUT2D eigenvalue weighted by Crippen LogP contribution is 2.35. The summed E-state index contributed by atoms with van der Waals surface area (Å²) >= 11 is 1.65. The average molecular weight is 499 g/mol. The fourth-order valence-corrected chi connectivity index (χ4v) is 6.21. The number of rotatable bonds is 7. The molecule has 0 N–H and O–H groups in total. The zero-order valence-corrected chi connectivity index (χ0v) is 21.5. The Kier molecular flexibility index (Phi) is 6.88. The molecule has 1 aliphatic heterocycles. The first-order valence-corrected chi connectivity index (χ1v) is 13.2. The number of hydrogen-bond donors (Lipinski definition) is 0. The van der Waals surface area contributed by atoms with Crippen LogP contribution in [-0.4, -0.2) is 41.8 Å². The lowest BCUT2D eigenvalue weighted by molar-refractivity contribution is -0.138. The standard InChI is InChI=1S/C30H30N2O3S/c1-30(23-8-4-3-5-9-23,20-27-31-25-10-6-7-11-26(25)36-27)29(34)32-18-16-22(17-19-32)28(33)21-12-14-24(35-2)15-13-21/h3-15,22H,16-20H2,1-2H3. The van der Waals surface area contributed by atoms with Crippen molar-refractivity contribution in [1.82, 2.24) is 9.88 Å². The van der Waals surface area contributed by atoms with Crippen LogP contribution in [0.2, 0.25) is 0 Å². The first kappa shape index (κ1) is 24.2. The number of nitrogens with zero attached hydrogens (tertiary/aromatic N) is 2. The topological polar surface area (TPSA) is 59.5 Å². The third-order valence-corrected chi connectivity index (χ3v) is 8.29. The fourth-order valence-electron chi connectivity index (χ4n) is 5.09. The first-order valence-electron chi connectivity index (χ1n) is 12.4. The summed E-state index contributed by atoms with van der Waals surface area (Å²) < 4.78 is 6.34. The summed E-state index contributed by atoms with van der Waals surface area (Å²) in [6, 6.07) is 25.4. The van der Waals surface area contributed by atoms with Gasteiger partial charge in [-0.05, 0) is 61.7 Å². The van der Waals surface area contributed by atoms with E-state index >= 15 is 0 Å². The molecule has 0 radical (unpaired) electrons. The molecule has 4 aromatic rings. The molecule has 3 aromatic carbocycles. The van der Waals surface area contributed by atoms with Crippen molar-refractivity contribution in [2.24, 2.45) is 5.92 Å². The van der Waals surface area contributed by atoms with E-state index in [2.05, 4.69) is 6.07 Å². The molecule has 0 bridgehead atoms. The maximum absolute atomic E-state index is 14.1. The van der Waals surface area contributed by atoms with Crippen molar-refractivity contribution in [1.29, 1.82) is 0 Å². The number of Topliss-reactive ketones (excluding diaryl/α,β-unsaturated/α-hetero) is 1. The number of para-hydroxylation sites is 1. The second kappa shape index (κ2) is 10.2. The molecule has 5 nitrogen and oxygen atoms in total. The number of aromatic nitrogens is 1. The lowest BCUT2D eigenvalue weighted by Gasteiger charge is -2.38. The number of benzene rings is 3. The summed E-state index contributed by atoms with van der Waals surface area (Å²) in [4.78, 5) is 33.9. The lowest BCUT2D eigenvalue weighted by atomic mass is 9.77. The highest BCUT2D eigenvalue weighted by Gasteiger charge is 2.41. The first-order chi connectivity index (χ1) is 17.5. The van der Waals surface area contributed by atoms with Crippen LogP contribution in [-0.2, 0) is 16.6 Å². The minimum absolute atomic E-state index is 0.0744. The number of ether oxygens (including phenoxy) is 1. The van der Waals surface area contributed by atoms with E-state index in [1.807, 2.05) is 84.6 Å². The number of methoxy groups -OCH3 is 1. The number of likely N-dealkylation sites (tertiary alicyclic amines) is 1. The van der Waals surface area contributed by atoms with Crippen molar-refractivity contribution in [3.05, 3.63) is 95.0 Å². The molecule has 0 spiro atoms. The molecule has 1 aromatic heterocycles. The molecule has 5 rings (SSSR count). The van der Waals surface area contributed by atoms with Gasteiger partial charge in [0.2, 0.25) is 5.91 Å². The minimum atomic E-state index is -0.734. The van der Waals surface area contributed by atoms with Gasteiger partial charge in [-0.2, -0.15) is 0 Å². The van der Waals surface area contributed by atoms with Gasteiger partial charge in [-0.3, -0.25) is 9.59 Å².